The fourth-order valence-corrected chi connectivity index (χ4v) is 2.29. The molecular formula is C14H21N5O. The molecular weight excluding hydrogens is 254 g/mol. The van der Waals surface area contributed by atoms with Gasteiger partial charge in [-0.1, -0.05) is 13.8 Å². The summed E-state index contributed by atoms with van der Waals surface area (Å²) in [6.07, 6.45) is 1.55. The van der Waals surface area contributed by atoms with Crippen LogP contribution in [0.15, 0.2) is 17.2 Å². The third-order valence-corrected chi connectivity index (χ3v) is 3.37. The molecule has 1 aliphatic rings. The van der Waals surface area contributed by atoms with Crippen molar-refractivity contribution in [2.75, 3.05) is 11.6 Å². The number of nitrogens with zero attached hydrogens (tertiary/aromatic N) is 4. The number of aryl methyl sites for hydroxylation is 1. The molecule has 2 heterocycles. The lowest BCUT2D eigenvalue weighted by atomic mass is 9.90. The molecule has 0 radical (unpaired) electrons. The maximum absolute atomic E-state index is 12.5. The summed E-state index contributed by atoms with van der Waals surface area (Å²) in [6, 6.07) is 3.60. The average molecular weight is 275 g/mol. The number of aromatic nitrogens is 2. The van der Waals surface area contributed by atoms with E-state index >= 15 is 0 Å². The molecule has 2 rings (SSSR count). The van der Waals surface area contributed by atoms with E-state index in [4.69, 9.17) is 5.73 Å². The molecule has 1 aromatic rings. The maximum atomic E-state index is 12.5. The Hall–Kier alpha value is -1.82. The zero-order chi connectivity index (χ0) is 14.7. The Morgan fingerprint density at radius 1 is 1.35 bits per heavy atom. The largest absolute Gasteiger partial charge is 0.330 e. The number of carbonyl (C=O) groups is 1. The zero-order valence-corrected chi connectivity index (χ0v) is 12.2. The Bertz CT molecular complexity index is 509. The average Bonchev–Trinajstić information content (AvgIpc) is 2.75. The van der Waals surface area contributed by atoms with Crippen LogP contribution in [-0.2, 0) is 4.79 Å². The highest BCUT2D eigenvalue weighted by Gasteiger charge is 2.37. The third-order valence-electron chi connectivity index (χ3n) is 3.37. The number of nitrogens with two attached hydrogens (primary N) is 1. The molecule has 0 aromatic carbocycles. The van der Waals surface area contributed by atoms with Gasteiger partial charge < -0.3 is 5.73 Å². The minimum absolute atomic E-state index is 0.0275. The van der Waals surface area contributed by atoms with Gasteiger partial charge >= 0.3 is 0 Å². The van der Waals surface area contributed by atoms with Crippen molar-refractivity contribution in [3.63, 3.8) is 0 Å². The molecule has 1 unspecified atom stereocenters. The molecule has 0 fully saturated rings. The second-order valence-electron chi connectivity index (χ2n) is 5.35. The van der Waals surface area contributed by atoms with E-state index in [9.17, 15) is 4.79 Å². The normalized spacial score (nSPS) is 18.9. The zero-order valence-electron chi connectivity index (χ0n) is 12.2. The topological polar surface area (TPSA) is 84.5 Å². The first-order chi connectivity index (χ1) is 9.54. The quantitative estimate of drug-likeness (QED) is 0.882. The number of hydrazone groups is 1. The van der Waals surface area contributed by atoms with Gasteiger partial charge in [-0.3, -0.25) is 4.79 Å². The molecule has 1 atom stereocenters. The summed E-state index contributed by atoms with van der Waals surface area (Å²) in [5, 5.41) is 13.9. The second-order valence-corrected chi connectivity index (χ2v) is 5.35. The van der Waals surface area contributed by atoms with Gasteiger partial charge in [0.1, 0.15) is 0 Å². The van der Waals surface area contributed by atoms with Crippen molar-refractivity contribution in [2.45, 2.75) is 33.6 Å². The summed E-state index contributed by atoms with van der Waals surface area (Å²) in [6.45, 7) is 6.53. The number of amides is 1. The molecule has 20 heavy (non-hydrogen) atoms. The first kappa shape index (κ1) is 14.6. The molecule has 2 N–H and O–H groups in total. The standard InChI is InChI=1S/C14H21N5O/c1-9(2)13-11(5-4-8-15)14(20)19(18-13)12-7-6-10(3)16-17-12/h6-7,9,11H,4-5,8,15H2,1-3H3. The van der Waals surface area contributed by atoms with Crippen molar-refractivity contribution in [3.05, 3.63) is 17.8 Å². The molecule has 6 heteroatoms. The minimum Gasteiger partial charge on any atom is -0.330 e. The molecule has 0 saturated heterocycles. The van der Waals surface area contributed by atoms with Gasteiger partial charge in [-0.05, 0) is 44.4 Å². The molecule has 1 aromatic heterocycles. The third kappa shape index (κ3) is 2.85. The molecule has 1 aliphatic heterocycles. The van der Waals surface area contributed by atoms with Gasteiger partial charge in [0.25, 0.3) is 5.91 Å². The second kappa shape index (κ2) is 6.09. The van der Waals surface area contributed by atoms with Crippen molar-refractivity contribution >= 4 is 17.4 Å². The SMILES string of the molecule is Cc1ccc(N2N=C(C(C)C)C(CCCN)C2=O)nn1. The van der Waals surface area contributed by atoms with Crippen LogP contribution in [0.4, 0.5) is 5.82 Å². The molecule has 1 amide bonds. The van der Waals surface area contributed by atoms with Gasteiger partial charge in [0, 0.05) is 0 Å². The molecule has 0 saturated carbocycles. The van der Waals surface area contributed by atoms with E-state index in [1.165, 1.54) is 5.01 Å². The molecule has 0 aliphatic carbocycles. The lowest BCUT2D eigenvalue weighted by Gasteiger charge is -2.13. The molecule has 108 valence electrons. The molecule has 0 bridgehead atoms. The van der Waals surface area contributed by atoms with Gasteiger partial charge in [-0.15, -0.1) is 5.10 Å². The van der Waals surface area contributed by atoms with Crippen LogP contribution in [0.3, 0.4) is 0 Å². The Balaban J connectivity index is 2.27. The van der Waals surface area contributed by atoms with Crippen LogP contribution >= 0.6 is 0 Å². The van der Waals surface area contributed by atoms with E-state index in [-0.39, 0.29) is 17.7 Å². The van der Waals surface area contributed by atoms with E-state index in [1.54, 1.807) is 6.07 Å². The van der Waals surface area contributed by atoms with E-state index < -0.39 is 0 Å². The van der Waals surface area contributed by atoms with Gasteiger partial charge in [-0.25, -0.2) is 0 Å². The summed E-state index contributed by atoms with van der Waals surface area (Å²) >= 11 is 0. The predicted octanol–water partition coefficient (Wildman–Crippen LogP) is 1.50. The summed E-state index contributed by atoms with van der Waals surface area (Å²) in [4.78, 5) is 12.5. The highest BCUT2D eigenvalue weighted by molar-refractivity contribution is 6.15. The van der Waals surface area contributed by atoms with Crippen LogP contribution < -0.4 is 10.7 Å². The molecule has 6 nitrogen and oxygen atoms in total. The fourth-order valence-electron chi connectivity index (χ4n) is 2.29. The van der Waals surface area contributed by atoms with Crippen LogP contribution in [0.1, 0.15) is 32.4 Å². The summed E-state index contributed by atoms with van der Waals surface area (Å²) < 4.78 is 0. The lowest BCUT2D eigenvalue weighted by molar-refractivity contribution is -0.120. The van der Waals surface area contributed by atoms with Crippen LogP contribution in [0.25, 0.3) is 0 Å². The summed E-state index contributed by atoms with van der Waals surface area (Å²) in [7, 11) is 0. The minimum atomic E-state index is -0.179. The van der Waals surface area contributed by atoms with Crippen LogP contribution in [0.5, 0.6) is 0 Å². The highest BCUT2D eigenvalue weighted by Crippen LogP contribution is 2.27. The fraction of sp³-hybridized carbons (Fsp3) is 0.571. The van der Waals surface area contributed by atoms with Crippen molar-refractivity contribution in [1.29, 1.82) is 0 Å². The Labute approximate surface area is 119 Å². The van der Waals surface area contributed by atoms with Crippen molar-refractivity contribution in [1.82, 2.24) is 10.2 Å². The number of hydrogen-bond acceptors (Lipinski definition) is 5. The van der Waals surface area contributed by atoms with Crippen molar-refractivity contribution in [2.24, 2.45) is 22.7 Å². The monoisotopic (exact) mass is 275 g/mol. The van der Waals surface area contributed by atoms with Gasteiger partial charge in [0.2, 0.25) is 0 Å². The van der Waals surface area contributed by atoms with Gasteiger partial charge in [0.15, 0.2) is 5.82 Å². The lowest BCUT2D eigenvalue weighted by Crippen LogP contribution is -2.29. The maximum Gasteiger partial charge on any atom is 0.257 e. The Morgan fingerprint density at radius 2 is 2.10 bits per heavy atom. The predicted molar refractivity (Wildman–Crippen MR) is 78.3 cm³/mol. The summed E-state index contributed by atoms with van der Waals surface area (Å²) in [5.41, 5.74) is 7.27. The highest BCUT2D eigenvalue weighted by atomic mass is 16.2. The summed E-state index contributed by atoms with van der Waals surface area (Å²) in [5.74, 6) is 0.501. The number of hydrogen-bond donors (Lipinski definition) is 1. The Kier molecular flexibility index (Phi) is 4.44. The number of anilines is 1. The van der Waals surface area contributed by atoms with E-state index in [0.29, 0.717) is 12.4 Å². The first-order valence-corrected chi connectivity index (χ1v) is 6.97. The number of rotatable bonds is 5. The van der Waals surface area contributed by atoms with Gasteiger partial charge in [0.05, 0.1) is 17.3 Å². The van der Waals surface area contributed by atoms with E-state index in [2.05, 4.69) is 15.3 Å². The van der Waals surface area contributed by atoms with Crippen molar-refractivity contribution in [3.8, 4) is 0 Å². The Morgan fingerprint density at radius 3 is 2.65 bits per heavy atom. The van der Waals surface area contributed by atoms with E-state index in [1.807, 2.05) is 26.8 Å². The smallest absolute Gasteiger partial charge is 0.257 e. The number of carbonyl (C=O) groups excluding carboxylic acids is 1. The first-order valence-electron chi connectivity index (χ1n) is 6.97. The van der Waals surface area contributed by atoms with Gasteiger partial charge in [-0.2, -0.15) is 15.2 Å². The van der Waals surface area contributed by atoms with Crippen LogP contribution in [-0.4, -0.2) is 28.4 Å². The van der Waals surface area contributed by atoms with E-state index in [0.717, 1.165) is 24.2 Å². The van der Waals surface area contributed by atoms with Crippen molar-refractivity contribution < 1.29 is 4.79 Å². The molecule has 0 spiro atoms. The van der Waals surface area contributed by atoms with Crippen LogP contribution in [0.2, 0.25) is 0 Å². The van der Waals surface area contributed by atoms with Crippen LogP contribution in [0, 0.1) is 18.8 Å².